The molecule has 0 unspecified atom stereocenters. The Kier molecular flexibility index (Phi) is 5.81. The zero-order valence-corrected chi connectivity index (χ0v) is 16.3. The number of rotatable bonds is 7. The molecule has 0 aliphatic carbocycles. The van der Waals surface area contributed by atoms with Crippen LogP contribution in [0, 0.1) is 0 Å². The fraction of sp³-hybridized carbons (Fsp3) is 0.150. The van der Waals surface area contributed by atoms with Gasteiger partial charge in [-0.25, -0.2) is 17.5 Å². The maximum absolute atomic E-state index is 12.5. The van der Waals surface area contributed by atoms with E-state index in [-0.39, 0.29) is 17.5 Å². The van der Waals surface area contributed by atoms with E-state index in [9.17, 15) is 13.2 Å². The normalized spacial score (nSPS) is 11.4. The summed E-state index contributed by atoms with van der Waals surface area (Å²) in [5.41, 5.74) is 1.81. The molecule has 3 rings (SSSR count). The number of nitrogens with zero attached hydrogens (tertiary/aromatic N) is 1. The number of nitrogens with one attached hydrogen (secondary N) is 1. The average molecular weight is 400 g/mol. The monoisotopic (exact) mass is 400 g/mol. The standard InChI is InChI=1S/C20H20N2O5S/c1-22(2)28(24,25)19-13-12-16(27-19)14-26-20(23)17-10-6-7-11-18(17)21-15-8-4-3-5-9-15/h3-13,21H,14H2,1-2H3. The Balaban J connectivity index is 1.70. The molecule has 0 amide bonds. The van der Waals surface area contributed by atoms with E-state index < -0.39 is 16.0 Å². The van der Waals surface area contributed by atoms with Crippen LogP contribution in [0.3, 0.4) is 0 Å². The fourth-order valence-electron chi connectivity index (χ4n) is 2.42. The molecule has 1 aromatic heterocycles. The van der Waals surface area contributed by atoms with Crippen molar-refractivity contribution in [3.63, 3.8) is 0 Å². The van der Waals surface area contributed by atoms with Crippen LogP contribution in [0.2, 0.25) is 0 Å². The van der Waals surface area contributed by atoms with Gasteiger partial charge in [-0.3, -0.25) is 0 Å². The van der Waals surface area contributed by atoms with Crippen LogP contribution < -0.4 is 5.32 Å². The topological polar surface area (TPSA) is 88.8 Å². The minimum atomic E-state index is -3.67. The van der Waals surface area contributed by atoms with Gasteiger partial charge in [-0.2, -0.15) is 0 Å². The Morgan fingerprint density at radius 3 is 2.39 bits per heavy atom. The molecule has 0 atom stereocenters. The first-order valence-corrected chi connectivity index (χ1v) is 9.91. The van der Waals surface area contributed by atoms with E-state index in [1.807, 2.05) is 36.4 Å². The molecule has 7 nitrogen and oxygen atoms in total. The predicted octanol–water partition coefficient (Wildman–Crippen LogP) is 3.63. The van der Waals surface area contributed by atoms with Crippen LogP contribution in [0.25, 0.3) is 0 Å². The van der Waals surface area contributed by atoms with Crippen molar-refractivity contribution in [2.45, 2.75) is 11.7 Å². The molecule has 0 spiro atoms. The van der Waals surface area contributed by atoms with Crippen molar-refractivity contribution in [3.8, 4) is 0 Å². The van der Waals surface area contributed by atoms with Gasteiger partial charge in [-0.1, -0.05) is 30.3 Å². The van der Waals surface area contributed by atoms with Crippen LogP contribution >= 0.6 is 0 Å². The molecule has 0 fully saturated rings. The highest BCUT2D eigenvalue weighted by atomic mass is 32.2. The molecule has 8 heteroatoms. The number of ether oxygens (including phenoxy) is 1. The quantitative estimate of drug-likeness (QED) is 0.609. The first kappa shape index (κ1) is 19.7. The Morgan fingerprint density at radius 1 is 1.00 bits per heavy atom. The van der Waals surface area contributed by atoms with E-state index in [0.717, 1.165) is 9.99 Å². The van der Waals surface area contributed by atoms with E-state index in [1.54, 1.807) is 18.2 Å². The lowest BCUT2D eigenvalue weighted by molar-refractivity contribution is 0.0442. The van der Waals surface area contributed by atoms with Gasteiger partial charge < -0.3 is 14.5 Å². The zero-order valence-electron chi connectivity index (χ0n) is 15.5. The SMILES string of the molecule is CN(C)S(=O)(=O)c1ccc(COC(=O)c2ccccc2Nc2ccccc2)o1. The summed E-state index contributed by atoms with van der Waals surface area (Å²) in [6, 6.07) is 19.2. The lowest BCUT2D eigenvalue weighted by atomic mass is 10.1. The van der Waals surface area contributed by atoms with Crippen molar-refractivity contribution in [3.05, 3.63) is 78.1 Å². The number of esters is 1. The molecule has 1 N–H and O–H groups in total. The fourth-order valence-corrected chi connectivity index (χ4v) is 3.23. The average Bonchev–Trinajstić information content (AvgIpc) is 3.17. The number of hydrogen-bond acceptors (Lipinski definition) is 6. The Labute approximate surface area is 163 Å². The summed E-state index contributed by atoms with van der Waals surface area (Å²) in [4.78, 5) is 12.5. The number of carbonyl (C=O) groups excluding carboxylic acids is 1. The smallest absolute Gasteiger partial charge is 0.340 e. The third kappa shape index (κ3) is 4.41. The van der Waals surface area contributed by atoms with Crippen molar-refractivity contribution < 1.29 is 22.4 Å². The second-order valence-electron chi connectivity index (χ2n) is 6.12. The van der Waals surface area contributed by atoms with E-state index in [1.165, 1.54) is 26.2 Å². The summed E-state index contributed by atoms with van der Waals surface area (Å²) in [6.45, 7) is -0.179. The van der Waals surface area contributed by atoms with Gasteiger partial charge in [-0.15, -0.1) is 0 Å². The van der Waals surface area contributed by atoms with Crippen LogP contribution in [-0.4, -0.2) is 32.8 Å². The van der Waals surface area contributed by atoms with Crippen LogP contribution in [0.15, 0.2) is 76.2 Å². The van der Waals surface area contributed by atoms with Gasteiger partial charge in [-0.05, 0) is 36.4 Å². The van der Waals surface area contributed by atoms with Gasteiger partial charge in [0.2, 0.25) is 5.09 Å². The van der Waals surface area contributed by atoms with Crippen molar-refractivity contribution in [1.29, 1.82) is 0 Å². The maximum Gasteiger partial charge on any atom is 0.340 e. The molecule has 0 bridgehead atoms. The Hall–Kier alpha value is -3.10. The van der Waals surface area contributed by atoms with Crippen LogP contribution in [0.1, 0.15) is 16.1 Å². The number of furan rings is 1. The van der Waals surface area contributed by atoms with Gasteiger partial charge in [0.25, 0.3) is 10.0 Å². The highest BCUT2D eigenvalue weighted by Gasteiger charge is 2.22. The largest absolute Gasteiger partial charge is 0.454 e. The predicted molar refractivity (Wildman–Crippen MR) is 105 cm³/mol. The first-order chi connectivity index (χ1) is 13.4. The molecule has 146 valence electrons. The molecule has 1 heterocycles. The van der Waals surface area contributed by atoms with E-state index in [2.05, 4.69) is 5.32 Å². The lowest BCUT2D eigenvalue weighted by Gasteiger charge is -2.11. The maximum atomic E-state index is 12.5. The minimum Gasteiger partial charge on any atom is -0.454 e. The second kappa shape index (κ2) is 8.28. The van der Waals surface area contributed by atoms with Crippen LogP contribution in [0.5, 0.6) is 0 Å². The molecular formula is C20H20N2O5S. The third-order valence-electron chi connectivity index (χ3n) is 3.92. The summed E-state index contributed by atoms with van der Waals surface area (Å²) in [7, 11) is -0.850. The van der Waals surface area contributed by atoms with E-state index in [4.69, 9.17) is 9.15 Å². The Bertz CT molecular complexity index is 1060. The van der Waals surface area contributed by atoms with Crippen molar-refractivity contribution >= 4 is 27.4 Å². The lowest BCUT2D eigenvalue weighted by Crippen LogP contribution is -2.21. The Morgan fingerprint density at radius 2 is 1.68 bits per heavy atom. The molecular weight excluding hydrogens is 380 g/mol. The van der Waals surface area contributed by atoms with Crippen molar-refractivity contribution in [2.24, 2.45) is 0 Å². The third-order valence-corrected chi connectivity index (χ3v) is 5.61. The summed E-state index contributed by atoms with van der Waals surface area (Å²) < 4.78 is 35.7. The van der Waals surface area contributed by atoms with E-state index >= 15 is 0 Å². The molecule has 28 heavy (non-hydrogen) atoms. The zero-order chi connectivity index (χ0) is 20.1. The number of anilines is 2. The summed E-state index contributed by atoms with van der Waals surface area (Å²) >= 11 is 0. The number of para-hydroxylation sites is 2. The molecule has 0 saturated heterocycles. The van der Waals surface area contributed by atoms with Crippen molar-refractivity contribution in [2.75, 3.05) is 19.4 Å². The summed E-state index contributed by atoms with van der Waals surface area (Å²) in [6.07, 6.45) is 0. The van der Waals surface area contributed by atoms with Gasteiger partial charge in [0, 0.05) is 19.8 Å². The first-order valence-electron chi connectivity index (χ1n) is 8.47. The van der Waals surface area contributed by atoms with Crippen LogP contribution in [0.4, 0.5) is 11.4 Å². The highest BCUT2D eigenvalue weighted by molar-refractivity contribution is 7.88. The molecule has 0 radical (unpaired) electrons. The van der Waals surface area contributed by atoms with Gasteiger partial charge in [0.15, 0.2) is 0 Å². The van der Waals surface area contributed by atoms with Gasteiger partial charge in [0.05, 0.1) is 11.3 Å². The number of sulfonamides is 1. The summed E-state index contributed by atoms with van der Waals surface area (Å²) in [5, 5.41) is 2.98. The number of benzene rings is 2. The molecule has 2 aromatic carbocycles. The number of hydrogen-bond donors (Lipinski definition) is 1. The highest BCUT2D eigenvalue weighted by Crippen LogP contribution is 2.22. The molecule has 0 aliphatic rings. The van der Waals surface area contributed by atoms with E-state index in [0.29, 0.717) is 11.3 Å². The van der Waals surface area contributed by atoms with Crippen LogP contribution in [-0.2, 0) is 21.4 Å². The number of carbonyl (C=O) groups is 1. The minimum absolute atomic E-state index is 0.179. The summed E-state index contributed by atoms with van der Waals surface area (Å²) in [5.74, 6) is -0.310. The molecule has 3 aromatic rings. The van der Waals surface area contributed by atoms with Gasteiger partial charge in [0.1, 0.15) is 12.4 Å². The molecule has 0 saturated carbocycles. The second-order valence-corrected chi connectivity index (χ2v) is 8.20. The van der Waals surface area contributed by atoms with Crippen molar-refractivity contribution in [1.82, 2.24) is 4.31 Å². The van der Waals surface area contributed by atoms with Gasteiger partial charge >= 0.3 is 5.97 Å². The molecule has 0 aliphatic heterocycles.